The van der Waals surface area contributed by atoms with Crippen molar-refractivity contribution in [2.75, 3.05) is 11.4 Å². The van der Waals surface area contributed by atoms with E-state index >= 15 is 0 Å². The molecule has 0 N–H and O–H groups in total. The molecular weight excluding hydrogens is 296 g/mol. The van der Waals surface area contributed by atoms with Gasteiger partial charge >= 0.3 is 0 Å². The van der Waals surface area contributed by atoms with Crippen LogP contribution in [0.3, 0.4) is 0 Å². The maximum absolute atomic E-state index is 11.9. The summed E-state index contributed by atoms with van der Waals surface area (Å²) in [6.07, 6.45) is 4.12. The molecule has 2 aromatic rings. The summed E-state index contributed by atoms with van der Waals surface area (Å²) in [5.41, 5.74) is 0.725. The highest BCUT2D eigenvalue weighted by molar-refractivity contribution is 9.10. The minimum atomic E-state index is 0.0508. The van der Waals surface area contributed by atoms with Crippen LogP contribution < -0.4 is 4.90 Å². The molecular formula is C12H11BrN4O. The summed E-state index contributed by atoms with van der Waals surface area (Å²) in [5, 5.41) is 4.32. The number of aromatic nitrogens is 3. The first kappa shape index (κ1) is 11.4. The average Bonchev–Trinajstić information content (AvgIpc) is 2.91. The summed E-state index contributed by atoms with van der Waals surface area (Å²) in [4.78, 5) is 17.8. The molecule has 3 heterocycles. The smallest absolute Gasteiger partial charge is 0.252 e. The summed E-state index contributed by atoms with van der Waals surface area (Å²) in [6, 6.07) is 3.75. The summed E-state index contributed by atoms with van der Waals surface area (Å²) in [7, 11) is 0. The molecule has 18 heavy (non-hydrogen) atoms. The SMILES string of the molecule is C=CC1CC(=O)N(c2nc3ccc(Br)cn3n2)C1. The Bertz CT molecular complexity index is 636. The van der Waals surface area contributed by atoms with Gasteiger partial charge in [-0.1, -0.05) is 6.08 Å². The van der Waals surface area contributed by atoms with Crippen molar-refractivity contribution in [3.05, 3.63) is 35.5 Å². The van der Waals surface area contributed by atoms with Gasteiger partial charge in [-0.15, -0.1) is 11.7 Å². The van der Waals surface area contributed by atoms with Gasteiger partial charge in [-0.05, 0) is 28.1 Å². The third kappa shape index (κ3) is 1.82. The van der Waals surface area contributed by atoms with Crippen molar-refractivity contribution in [3.63, 3.8) is 0 Å². The molecule has 92 valence electrons. The van der Waals surface area contributed by atoms with Crippen LogP contribution in [-0.2, 0) is 4.79 Å². The second-order valence-electron chi connectivity index (χ2n) is 4.27. The van der Waals surface area contributed by atoms with Crippen LogP contribution in [0.15, 0.2) is 35.5 Å². The minimum absolute atomic E-state index is 0.0508. The molecule has 0 spiro atoms. The molecule has 6 heteroatoms. The van der Waals surface area contributed by atoms with Crippen LogP contribution in [0.2, 0.25) is 0 Å². The van der Waals surface area contributed by atoms with Crippen molar-refractivity contribution in [2.45, 2.75) is 6.42 Å². The highest BCUT2D eigenvalue weighted by atomic mass is 79.9. The lowest BCUT2D eigenvalue weighted by Crippen LogP contribution is -2.25. The van der Waals surface area contributed by atoms with E-state index < -0.39 is 0 Å². The molecule has 0 aliphatic carbocycles. The Balaban J connectivity index is 1.99. The number of rotatable bonds is 2. The lowest BCUT2D eigenvalue weighted by Gasteiger charge is -2.09. The Labute approximate surface area is 112 Å². The first-order valence-corrected chi connectivity index (χ1v) is 6.41. The fourth-order valence-corrected chi connectivity index (χ4v) is 2.37. The van der Waals surface area contributed by atoms with Crippen LogP contribution >= 0.6 is 15.9 Å². The van der Waals surface area contributed by atoms with Gasteiger partial charge in [-0.2, -0.15) is 4.98 Å². The third-order valence-electron chi connectivity index (χ3n) is 3.01. The quantitative estimate of drug-likeness (QED) is 0.798. The lowest BCUT2D eigenvalue weighted by molar-refractivity contribution is -0.117. The van der Waals surface area contributed by atoms with Gasteiger partial charge in [0.05, 0.1) is 0 Å². The fourth-order valence-electron chi connectivity index (χ4n) is 2.05. The zero-order chi connectivity index (χ0) is 12.7. The molecule has 1 unspecified atom stereocenters. The summed E-state index contributed by atoms with van der Waals surface area (Å²) in [5.74, 6) is 0.702. The Hall–Kier alpha value is -1.69. The maximum atomic E-state index is 11.9. The largest absolute Gasteiger partial charge is 0.279 e. The Morgan fingerprint density at radius 3 is 3.06 bits per heavy atom. The topological polar surface area (TPSA) is 50.5 Å². The van der Waals surface area contributed by atoms with E-state index in [0.29, 0.717) is 18.9 Å². The fraction of sp³-hybridized carbons (Fsp3) is 0.250. The van der Waals surface area contributed by atoms with Crippen molar-refractivity contribution in [1.82, 2.24) is 14.6 Å². The van der Waals surface area contributed by atoms with Crippen LogP contribution in [0.5, 0.6) is 0 Å². The highest BCUT2D eigenvalue weighted by Crippen LogP contribution is 2.23. The van der Waals surface area contributed by atoms with Crippen LogP contribution in [-0.4, -0.2) is 27.0 Å². The molecule has 1 aliphatic rings. The van der Waals surface area contributed by atoms with Gasteiger partial charge in [0, 0.05) is 29.6 Å². The summed E-state index contributed by atoms with van der Waals surface area (Å²) >= 11 is 3.38. The number of pyridine rings is 1. The van der Waals surface area contributed by atoms with Crippen LogP contribution in [0.1, 0.15) is 6.42 Å². The van der Waals surface area contributed by atoms with E-state index in [1.165, 1.54) is 0 Å². The molecule has 3 rings (SSSR count). The third-order valence-corrected chi connectivity index (χ3v) is 3.48. The van der Waals surface area contributed by atoms with E-state index in [0.717, 1.165) is 10.1 Å². The predicted octanol–water partition coefficient (Wildman–Crippen LogP) is 2.03. The van der Waals surface area contributed by atoms with Crippen molar-refractivity contribution in [3.8, 4) is 0 Å². The van der Waals surface area contributed by atoms with Crippen molar-refractivity contribution in [1.29, 1.82) is 0 Å². The highest BCUT2D eigenvalue weighted by Gasteiger charge is 2.31. The first-order chi connectivity index (χ1) is 8.67. The Kier molecular flexibility index (Phi) is 2.66. The minimum Gasteiger partial charge on any atom is -0.279 e. The molecule has 1 fully saturated rings. The van der Waals surface area contributed by atoms with Gasteiger partial charge in [-0.3, -0.25) is 9.69 Å². The van der Waals surface area contributed by atoms with E-state index in [2.05, 4.69) is 32.6 Å². The monoisotopic (exact) mass is 306 g/mol. The number of nitrogens with zero attached hydrogens (tertiary/aromatic N) is 4. The van der Waals surface area contributed by atoms with Gasteiger partial charge in [0.15, 0.2) is 5.65 Å². The number of hydrogen-bond acceptors (Lipinski definition) is 3. The second-order valence-corrected chi connectivity index (χ2v) is 5.18. The van der Waals surface area contributed by atoms with Gasteiger partial charge in [0.1, 0.15) is 0 Å². The molecule has 0 aromatic carbocycles. The second kappa shape index (κ2) is 4.20. The van der Waals surface area contributed by atoms with Crippen molar-refractivity contribution < 1.29 is 4.79 Å². The molecule has 1 aliphatic heterocycles. The Morgan fingerprint density at radius 1 is 1.50 bits per heavy atom. The molecule has 0 radical (unpaired) electrons. The molecule has 0 bridgehead atoms. The zero-order valence-electron chi connectivity index (χ0n) is 9.58. The summed E-state index contributed by atoms with van der Waals surface area (Å²) in [6.45, 7) is 4.34. The predicted molar refractivity (Wildman–Crippen MR) is 71.3 cm³/mol. The van der Waals surface area contributed by atoms with Gasteiger partial charge < -0.3 is 0 Å². The van der Waals surface area contributed by atoms with Crippen molar-refractivity contribution >= 4 is 33.4 Å². The van der Waals surface area contributed by atoms with Gasteiger partial charge in [-0.25, -0.2) is 4.52 Å². The molecule has 0 saturated carbocycles. The molecule has 5 nitrogen and oxygen atoms in total. The van der Waals surface area contributed by atoms with Crippen LogP contribution in [0.25, 0.3) is 5.65 Å². The lowest BCUT2D eigenvalue weighted by atomic mass is 10.1. The number of anilines is 1. The maximum Gasteiger partial charge on any atom is 0.252 e. The number of carbonyl (C=O) groups excluding carboxylic acids is 1. The first-order valence-electron chi connectivity index (χ1n) is 5.62. The van der Waals surface area contributed by atoms with Gasteiger partial charge in [0.25, 0.3) is 5.95 Å². The molecule has 2 aromatic heterocycles. The molecule has 1 amide bonds. The average molecular weight is 307 g/mol. The number of amides is 1. The van der Waals surface area contributed by atoms with Crippen molar-refractivity contribution in [2.24, 2.45) is 5.92 Å². The number of carbonyl (C=O) groups is 1. The number of fused-ring (bicyclic) bond motifs is 1. The van der Waals surface area contributed by atoms with E-state index in [-0.39, 0.29) is 11.8 Å². The zero-order valence-corrected chi connectivity index (χ0v) is 11.2. The normalized spacial score (nSPS) is 19.7. The summed E-state index contributed by atoms with van der Waals surface area (Å²) < 4.78 is 2.58. The molecule has 1 atom stereocenters. The number of halogens is 1. The van der Waals surface area contributed by atoms with E-state index in [9.17, 15) is 4.79 Å². The standard InChI is InChI=1S/C12H11BrN4O/c1-2-8-5-11(18)16(6-8)12-14-10-4-3-9(13)7-17(10)15-12/h2-4,7-8H,1,5-6H2. The van der Waals surface area contributed by atoms with Crippen LogP contribution in [0, 0.1) is 5.92 Å². The van der Waals surface area contributed by atoms with Crippen LogP contribution in [0.4, 0.5) is 5.95 Å². The van der Waals surface area contributed by atoms with E-state index in [4.69, 9.17) is 0 Å². The van der Waals surface area contributed by atoms with Gasteiger partial charge in [0.2, 0.25) is 5.91 Å². The number of hydrogen-bond donors (Lipinski definition) is 0. The van der Waals surface area contributed by atoms with E-state index in [1.54, 1.807) is 9.42 Å². The molecule has 1 saturated heterocycles. The Morgan fingerprint density at radius 2 is 2.33 bits per heavy atom. The van der Waals surface area contributed by atoms with E-state index in [1.807, 2.05) is 24.4 Å².